The van der Waals surface area contributed by atoms with Gasteiger partial charge in [-0.2, -0.15) is 0 Å². The topological polar surface area (TPSA) is 18.5 Å². The summed E-state index contributed by atoms with van der Waals surface area (Å²) in [6.07, 6.45) is 0.451. The first kappa shape index (κ1) is 10.8. The molecule has 64 valence electrons. The van der Waals surface area contributed by atoms with Crippen LogP contribution in [0.4, 0.5) is 0 Å². The Morgan fingerprint density at radius 2 is 1.36 bits per heavy atom. The van der Waals surface area contributed by atoms with Crippen molar-refractivity contribution in [3.05, 3.63) is 0 Å². The molecule has 0 aliphatic carbocycles. The van der Waals surface area contributed by atoms with Gasteiger partial charge in [0.2, 0.25) is 0 Å². The maximum Gasteiger partial charge on any atom is 0.168 e. The highest BCUT2D eigenvalue weighted by Gasteiger charge is 2.01. The molecule has 2 nitrogen and oxygen atoms in total. The molecule has 0 radical (unpaired) electrons. The second kappa shape index (κ2) is 6.49. The smallest absolute Gasteiger partial charge is 0.168 e. The fourth-order valence-electron chi connectivity index (χ4n) is 0.542. The summed E-state index contributed by atoms with van der Waals surface area (Å²) in [5, 5.41) is 1.01. The summed E-state index contributed by atoms with van der Waals surface area (Å²) in [6, 6.07) is 0. The van der Waals surface area contributed by atoms with Crippen molar-refractivity contribution in [2.45, 2.75) is 20.3 Å². The molecule has 0 spiro atoms. The average molecular weight is 192 g/mol. The molecule has 0 aliphatic heterocycles. The molecule has 0 rings (SSSR count). The maximum atomic E-state index is 5.02. The highest BCUT2D eigenvalue weighted by molar-refractivity contribution is 7.81. The van der Waals surface area contributed by atoms with Gasteiger partial charge in [0, 0.05) is 0 Å². The predicted octanol–water partition coefficient (Wildman–Crippen LogP) is 2.10. The number of rotatable bonds is 4. The van der Waals surface area contributed by atoms with Crippen LogP contribution in [0.2, 0.25) is 0 Å². The third-order valence-electron chi connectivity index (χ3n) is 0.899. The van der Waals surface area contributed by atoms with E-state index in [-0.39, 0.29) is 0 Å². The molecule has 4 heteroatoms. The first-order valence-corrected chi connectivity index (χ1v) is 4.33. The van der Waals surface area contributed by atoms with Crippen LogP contribution in [-0.4, -0.2) is 23.3 Å². The average Bonchev–Trinajstić information content (AvgIpc) is 1.87. The monoisotopic (exact) mass is 192 g/mol. The molecule has 0 aromatic heterocycles. The van der Waals surface area contributed by atoms with E-state index in [0.717, 1.165) is 0 Å². The van der Waals surface area contributed by atoms with Gasteiger partial charge in [-0.25, -0.2) is 0 Å². The van der Waals surface area contributed by atoms with Gasteiger partial charge in [-0.3, -0.25) is 0 Å². The van der Waals surface area contributed by atoms with Crippen molar-refractivity contribution < 1.29 is 9.47 Å². The Hall–Kier alpha value is -0.220. The molecule has 11 heavy (non-hydrogen) atoms. The number of ether oxygens (including phenoxy) is 2. The van der Waals surface area contributed by atoms with Gasteiger partial charge < -0.3 is 9.47 Å². The van der Waals surface area contributed by atoms with Gasteiger partial charge in [0.1, 0.15) is 0 Å². The molecule has 0 atom stereocenters. The van der Waals surface area contributed by atoms with Gasteiger partial charge in [-0.1, -0.05) is 0 Å². The van der Waals surface area contributed by atoms with Crippen molar-refractivity contribution in [1.82, 2.24) is 0 Å². The molecule has 0 aliphatic rings. The van der Waals surface area contributed by atoms with Gasteiger partial charge in [0.05, 0.1) is 19.6 Å². The lowest BCUT2D eigenvalue weighted by atomic mass is 10.5. The Balaban J connectivity index is 3.49. The molecule has 0 saturated heterocycles. The predicted molar refractivity (Wildman–Crippen MR) is 53.1 cm³/mol. The van der Waals surface area contributed by atoms with Crippen molar-refractivity contribution >= 4 is 34.5 Å². The van der Waals surface area contributed by atoms with E-state index in [4.69, 9.17) is 33.9 Å². The van der Waals surface area contributed by atoms with E-state index >= 15 is 0 Å². The lowest BCUT2D eigenvalue weighted by molar-refractivity contribution is 0.313. The largest absolute Gasteiger partial charge is 0.487 e. The molecular weight excluding hydrogens is 180 g/mol. The van der Waals surface area contributed by atoms with Gasteiger partial charge >= 0.3 is 0 Å². The summed E-state index contributed by atoms with van der Waals surface area (Å²) in [5.41, 5.74) is 0. The summed E-state index contributed by atoms with van der Waals surface area (Å²) in [7, 11) is 0. The van der Waals surface area contributed by atoms with E-state index in [1.54, 1.807) is 0 Å². The van der Waals surface area contributed by atoms with Crippen LogP contribution < -0.4 is 0 Å². The molecule has 0 aromatic rings. The van der Waals surface area contributed by atoms with E-state index in [1.165, 1.54) is 0 Å². The Labute approximate surface area is 77.9 Å². The van der Waals surface area contributed by atoms with Crippen LogP contribution >= 0.6 is 24.4 Å². The van der Waals surface area contributed by atoms with Crippen molar-refractivity contribution in [2.75, 3.05) is 13.2 Å². The number of thiocarbonyl (C=S) groups is 2. The summed E-state index contributed by atoms with van der Waals surface area (Å²) in [4.78, 5) is 0. The Morgan fingerprint density at radius 3 is 1.64 bits per heavy atom. The number of hydrogen-bond donors (Lipinski definition) is 0. The molecular formula is C7H12O2S2. The SMILES string of the molecule is CCOC(=S)CC(=S)OCC. The summed E-state index contributed by atoms with van der Waals surface area (Å²) in [5.74, 6) is 0. The first-order valence-electron chi connectivity index (χ1n) is 3.52. The third kappa shape index (κ3) is 6.19. The van der Waals surface area contributed by atoms with Crippen LogP contribution in [0.3, 0.4) is 0 Å². The van der Waals surface area contributed by atoms with Gasteiger partial charge in [-0.15, -0.1) is 0 Å². The first-order chi connectivity index (χ1) is 5.20. The van der Waals surface area contributed by atoms with Crippen LogP contribution in [0.15, 0.2) is 0 Å². The maximum absolute atomic E-state index is 5.02. The minimum absolute atomic E-state index is 0.451. The van der Waals surface area contributed by atoms with Gasteiger partial charge in [0.25, 0.3) is 0 Å². The highest BCUT2D eigenvalue weighted by atomic mass is 32.1. The lowest BCUT2D eigenvalue weighted by Gasteiger charge is -2.05. The Morgan fingerprint density at radius 1 is 1.00 bits per heavy atom. The minimum Gasteiger partial charge on any atom is -0.487 e. The zero-order valence-electron chi connectivity index (χ0n) is 6.75. The molecule has 0 unspecified atom stereocenters. The van der Waals surface area contributed by atoms with E-state index < -0.39 is 0 Å². The Bertz CT molecular complexity index is 129. The van der Waals surface area contributed by atoms with Crippen LogP contribution in [0.1, 0.15) is 20.3 Å². The summed E-state index contributed by atoms with van der Waals surface area (Å²) in [6.45, 7) is 4.95. The molecule has 0 heterocycles. The van der Waals surface area contributed by atoms with E-state index in [0.29, 0.717) is 29.7 Å². The third-order valence-corrected chi connectivity index (χ3v) is 1.42. The van der Waals surface area contributed by atoms with Crippen LogP contribution in [0.5, 0.6) is 0 Å². The van der Waals surface area contributed by atoms with Crippen molar-refractivity contribution in [1.29, 1.82) is 0 Å². The molecule has 0 bridgehead atoms. The zero-order chi connectivity index (χ0) is 8.69. The fourth-order valence-corrected chi connectivity index (χ4v) is 1.13. The number of hydrogen-bond acceptors (Lipinski definition) is 4. The van der Waals surface area contributed by atoms with Crippen LogP contribution in [0, 0.1) is 0 Å². The second-order valence-corrected chi connectivity index (χ2v) is 2.70. The van der Waals surface area contributed by atoms with Crippen molar-refractivity contribution in [2.24, 2.45) is 0 Å². The highest BCUT2D eigenvalue weighted by Crippen LogP contribution is 1.95. The molecule has 0 fully saturated rings. The fraction of sp³-hybridized carbons (Fsp3) is 0.714. The van der Waals surface area contributed by atoms with Crippen molar-refractivity contribution in [3.63, 3.8) is 0 Å². The van der Waals surface area contributed by atoms with Crippen molar-refractivity contribution in [3.8, 4) is 0 Å². The van der Waals surface area contributed by atoms with E-state index in [9.17, 15) is 0 Å². The van der Waals surface area contributed by atoms with Crippen LogP contribution in [0.25, 0.3) is 0 Å². The quantitative estimate of drug-likeness (QED) is 0.635. The zero-order valence-corrected chi connectivity index (χ0v) is 8.39. The summed E-state index contributed by atoms with van der Waals surface area (Å²) < 4.78 is 10.0. The minimum atomic E-state index is 0.451. The standard InChI is InChI=1S/C7H12O2S2/c1-3-8-6(10)5-7(11)9-4-2/h3-5H2,1-2H3. The second-order valence-electron chi connectivity index (χ2n) is 1.79. The van der Waals surface area contributed by atoms with Crippen LogP contribution in [-0.2, 0) is 9.47 Å². The van der Waals surface area contributed by atoms with Gasteiger partial charge in [0.15, 0.2) is 10.1 Å². The molecule has 0 amide bonds. The normalized spacial score (nSPS) is 8.91. The summed E-state index contributed by atoms with van der Waals surface area (Å²) >= 11 is 9.71. The molecule has 0 N–H and O–H groups in total. The molecule has 0 aromatic carbocycles. The van der Waals surface area contributed by atoms with E-state index in [2.05, 4.69) is 0 Å². The lowest BCUT2D eigenvalue weighted by Crippen LogP contribution is -2.10. The van der Waals surface area contributed by atoms with Gasteiger partial charge in [-0.05, 0) is 38.3 Å². The van der Waals surface area contributed by atoms with E-state index in [1.807, 2.05) is 13.8 Å². The molecule has 0 saturated carbocycles. The Kier molecular flexibility index (Phi) is 6.36.